The molecular weight excluding hydrogens is 270 g/mol. The van der Waals surface area contributed by atoms with Crippen LogP contribution < -0.4 is 0 Å². The van der Waals surface area contributed by atoms with E-state index in [-0.39, 0.29) is 0 Å². The Kier molecular flexibility index (Phi) is 3.39. The number of carboxylic acid groups (broad SMARTS) is 1. The summed E-state index contributed by atoms with van der Waals surface area (Å²) in [5.41, 5.74) is 1.26. The number of hydrogen-bond donors (Lipinski definition) is 1. The Labute approximate surface area is 120 Å². The Morgan fingerprint density at radius 3 is 2.50 bits per heavy atom. The predicted molar refractivity (Wildman–Crippen MR) is 79.3 cm³/mol. The van der Waals surface area contributed by atoms with Crippen molar-refractivity contribution in [3.05, 3.63) is 66.4 Å². The van der Waals surface area contributed by atoms with Gasteiger partial charge in [0.05, 0.1) is 11.1 Å². The van der Waals surface area contributed by atoms with Gasteiger partial charge in [0.25, 0.3) is 0 Å². The van der Waals surface area contributed by atoms with Gasteiger partial charge in [0.1, 0.15) is 0 Å². The highest BCUT2D eigenvalue weighted by Gasteiger charge is 2.05. The van der Waals surface area contributed by atoms with Crippen molar-refractivity contribution in [1.29, 1.82) is 0 Å². The standard InChI is InChI=1S/C16H11NO2S/c18-16(19)11-5-7-12(8-6-11)20-15-9-10-17-14-4-2-1-3-13(14)15/h1-10H,(H,18,19). The summed E-state index contributed by atoms with van der Waals surface area (Å²) in [5.74, 6) is -0.907. The van der Waals surface area contributed by atoms with E-state index < -0.39 is 5.97 Å². The van der Waals surface area contributed by atoms with Crippen molar-refractivity contribution >= 4 is 28.6 Å². The van der Waals surface area contributed by atoms with Crippen molar-refractivity contribution in [3.63, 3.8) is 0 Å². The highest BCUT2D eigenvalue weighted by molar-refractivity contribution is 7.99. The van der Waals surface area contributed by atoms with Gasteiger partial charge in [0.15, 0.2) is 0 Å². The van der Waals surface area contributed by atoms with Crippen LogP contribution in [-0.2, 0) is 0 Å². The summed E-state index contributed by atoms with van der Waals surface area (Å²) in [5, 5.41) is 9.99. The van der Waals surface area contributed by atoms with Crippen LogP contribution in [0.15, 0.2) is 70.6 Å². The Bertz CT molecular complexity index is 764. The number of rotatable bonds is 3. The highest BCUT2D eigenvalue weighted by atomic mass is 32.2. The second kappa shape index (κ2) is 5.35. The Morgan fingerprint density at radius 2 is 1.75 bits per heavy atom. The molecule has 0 fully saturated rings. The monoisotopic (exact) mass is 281 g/mol. The molecule has 1 aromatic heterocycles. The van der Waals surface area contributed by atoms with Crippen LogP contribution in [0.25, 0.3) is 10.9 Å². The number of benzene rings is 2. The van der Waals surface area contributed by atoms with E-state index in [0.29, 0.717) is 5.56 Å². The Hall–Kier alpha value is -2.33. The minimum Gasteiger partial charge on any atom is -0.478 e. The van der Waals surface area contributed by atoms with Crippen molar-refractivity contribution < 1.29 is 9.90 Å². The van der Waals surface area contributed by atoms with Gasteiger partial charge in [0, 0.05) is 21.4 Å². The molecular formula is C16H11NO2S. The van der Waals surface area contributed by atoms with Crippen LogP contribution in [0.1, 0.15) is 10.4 Å². The molecule has 4 heteroatoms. The van der Waals surface area contributed by atoms with Crippen molar-refractivity contribution in [2.45, 2.75) is 9.79 Å². The van der Waals surface area contributed by atoms with E-state index in [1.54, 1.807) is 30.1 Å². The maximum atomic E-state index is 10.8. The van der Waals surface area contributed by atoms with Crippen molar-refractivity contribution in [1.82, 2.24) is 4.98 Å². The quantitative estimate of drug-likeness (QED) is 0.785. The summed E-state index contributed by atoms with van der Waals surface area (Å²) < 4.78 is 0. The molecule has 0 saturated heterocycles. The first kappa shape index (κ1) is 12.7. The van der Waals surface area contributed by atoms with Gasteiger partial charge in [-0.2, -0.15) is 0 Å². The fourth-order valence-corrected chi connectivity index (χ4v) is 2.89. The van der Waals surface area contributed by atoms with E-state index in [1.165, 1.54) is 0 Å². The number of nitrogens with zero attached hydrogens (tertiary/aromatic N) is 1. The topological polar surface area (TPSA) is 50.2 Å². The number of para-hydroxylation sites is 1. The SMILES string of the molecule is O=C(O)c1ccc(Sc2ccnc3ccccc23)cc1. The molecule has 0 aliphatic heterocycles. The molecule has 3 nitrogen and oxygen atoms in total. The van der Waals surface area contributed by atoms with Crippen LogP contribution in [0.2, 0.25) is 0 Å². The summed E-state index contributed by atoms with van der Waals surface area (Å²) in [6.45, 7) is 0. The normalized spacial score (nSPS) is 10.6. The first-order valence-electron chi connectivity index (χ1n) is 6.09. The van der Waals surface area contributed by atoms with Crippen molar-refractivity contribution in [3.8, 4) is 0 Å². The zero-order valence-corrected chi connectivity index (χ0v) is 11.3. The van der Waals surface area contributed by atoms with Gasteiger partial charge in [-0.15, -0.1) is 0 Å². The van der Waals surface area contributed by atoms with Crippen molar-refractivity contribution in [2.75, 3.05) is 0 Å². The number of hydrogen-bond acceptors (Lipinski definition) is 3. The number of pyridine rings is 1. The molecule has 0 atom stereocenters. The van der Waals surface area contributed by atoms with Gasteiger partial charge in [-0.25, -0.2) is 4.79 Å². The van der Waals surface area contributed by atoms with Crippen molar-refractivity contribution in [2.24, 2.45) is 0 Å². The molecule has 1 N–H and O–H groups in total. The summed E-state index contributed by atoms with van der Waals surface area (Å²) in [6, 6.07) is 16.8. The third-order valence-corrected chi connectivity index (χ3v) is 4.02. The molecule has 0 radical (unpaired) electrons. The lowest BCUT2D eigenvalue weighted by Crippen LogP contribution is -1.94. The van der Waals surface area contributed by atoms with E-state index in [2.05, 4.69) is 4.98 Å². The van der Waals surface area contributed by atoms with E-state index in [1.807, 2.05) is 42.5 Å². The van der Waals surface area contributed by atoms with Gasteiger partial charge in [-0.05, 0) is 36.4 Å². The molecule has 0 aliphatic carbocycles. The van der Waals surface area contributed by atoms with Gasteiger partial charge >= 0.3 is 5.97 Å². The number of carboxylic acids is 1. The van der Waals surface area contributed by atoms with E-state index >= 15 is 0 Å². The molecule has 98 valence electrons. The second-order valence-electron chi connectivity index (χ2n) is 4.26. The molecule has 20 heavy (non-hydrogen) atoms. The lowest BCUT2D eigenvalue weighted by molar-refractivity contribution is 0.0697. The zero-order valence-electron chi connectivity index (χ0n) is 10.5. The first-order valence-corrected chi connectivity index (χ1v) is 6.91. The summed E-state index contributed by atoms with van der Waals surface area (Å²) in [6.07, 6.45) is 1.79. The summed E-state index contributed by atoms with van der Waals surface area (Å²) >= 11 is 1.60. The predicted octanol–water partition coefficient (Wildman–Crippen LogP) is 4.08. The van der Waals surface area contributed by atoms with Crippen LogP contribution in [0.3, 0.4) is 0 Å². The third-order valence-electron chi connectivity index (χ3n) is 2.94. The maximum Gasteiger partial charge on any atom is 0.335 e. The van der Waals surface area contributed by atoms with E-state index in [9.17, 15) is 4.79 Å². The van der Waals surface area contributed by atoms with Crippen LogP contribution in [0, 0.1) is 0 Å². The average molecular weight is 281 g/mol. The number of carbonyl (C=O) groups is 1. The van der Waals surface area contributed by atoms with Crippen LogP contribution in [0.4, 0.5) is 0 Å². The van der Waals surface area contributed by atoms with Crippen LogP contribution >= 0.6 is 11.8 Å². The molecule has 0 aliphatic rings. The number of aromatic carboxylic acids is 1. The number of fused-ring (bicyclic) bond motifs is 1. The van der Waals surface area contributed by atoms with E-state index in [0.717, 1.165) is 20.7 Å². The fraction of sp³-hybridized carbons (Fsp3) is 0. The van der Waals surface area contributed by atoms with Gasteiger partial charge in [-0.3, -0.25) is 4.98 Å². The van der Waals surface area contributed by atoms with Crippen LogP contribution in [0.5, 0.6) is 0 Å². The zero-order chi connectivity index (χ0) is 13.9. The second-order valence-corrected chi connectivity index (χ2v) is 5.37. The Balaban J connectivity index is 1.95. The first-order chi connectivity index (χ1) is 9.74. The summed E-state index contributed by atoms with van der Waals surface area (Å²) in [7, 11) is 0. The fourth-order valence-electron chi connectivity index (χ4n) is 1.95. The van der Waals surface area contributed by atoms with Crippen LogP contribution in [-0.4, -0.2) is 16.1 Å². The summed E-state index contributed by atoms with van der Waals surface area (Å²) in [4.78, 5) is 17.3. The lowest BCUT2D eigenvalue weighted by Gasteiger charge is -2.05. The minimum atomic E-state index is -0.907. The Morgan fingerprint density at radius 1 is 1.00 bits per heavy atom. The van der Waals surface area contributed by atoms with Gasteiger partial charge in [-0.1, -0.05) is 30.0 Å². The molecule has 0 bridgehead atoms. The molecule has 3 aromatic rings. The molecule has 0 unspecified atom stereocenters. The van der Waals surface area contributed by atoms with Gasteiger partial charge in [0.2, 0.25) is 0 Å². The van der Waals surface area contributed by atoms with E-state index in [4.69, 9.17) is 5.11 Å². The molecule has 0 amide bonds. The van der Waals surface area contributed by atoms with Gasteiger partial charge < -0.3 is 5.11 Å². The third kappa shape index (κ3) is 2.51. The molecule has 2 aromatic carbocycles. The highest BCUT2D eigenvalue weighted by Crippen LogP contribution is 2.32. The molecule has 0 spiro atoms. The molecule has 0 saturated carbocycles. The largest absolute Gasteiger partial charge is 0.478 e. The number of aromatic nitrogens is 1. The maximum absolute atomic E-state index is 10.8. The molecule has 1 heterocycles. The molecule has 3 rings (SSSR count). The average Bonchev–Trinajstić information content (AvgIpc) is 2.48. The lowest BCUT2D eigenvalue weighted by atomic mass is 10.2. The smallest absolute Gasteiger partial charge is 0.335 e. The minimum absolute atomic E-state index is 0.300.